The summed E-state index contributed by atoms with van der Waals surface area (Å²) in [6, 6.07) is 10.1. The van der Waals surface area contributed by atoms with Crippen molar-refractivity contribution < 1.29 is 33.1 Å². The van der Waals surface area contributed by atoms with Gasteiger partial charge in [-0.2, -0.15) is 5.26 Å². The maximum atomic E-state index is 14.5. The van der Waals surface area contributed by atoms with Crippen molar-refractivity contribution in [2.75, 3.05) is 19.6 Å². The third-order valence-electron chi connectivity index (χ3n) is 8.18. The topological polar surface area (TPSA) is 152 Å². The molecule has 0 spiro atoms. The lowest BCUT2D eigenvalue weighted by Gasteiger charge is -2.33. The monoisotopic (exact) mass is 665 g/mol. The Kier molecular flexibility index (Phi) is 14.4. The van der Waals surface area contributed by atoms with E-state index in [9.17, 15) is 38.3 Å². The molecule has 4 N–H and O–H groups in total. The molecule has 2 aromatic rings. The summed E-state index contributed by atoms with van der Waals surface area (Å²) in [5.74, 6) is -3.39. The SMILES string of the molecule is Cc1ccc(CNC[C@H](NC(=O)[C@@H](NC(=O)CCc2cccc(F)c2)[C@@H](C)O)C(=O)C2CCN(C(=O)C(C#N)=CC(C)C)CC2)c(F)c1. The third-order valence-corrected chi connectivity index (χ3v) is 8.18. The first-order chi connectivity index (χ1) is 22.8. The lowest BCUT2D eigenvalue weighted by molar-refractivity contribution is -0.136. The van der Waals surface area contributed by atoms with Gasteiger partial charge in [0.1, 0.15) is 35.4 Å². The Morgan fingerprint density at radius 2 is 1.77 bits per heavy atom. The minimum absolute atomic E-state index is 0.0108. The van der Waals surface area contributed by atoms with Crippen molar-refractivity contribution in [2.45, 2.75) is 78.1 Å². The first-order valence-corrected chi connectivity index (χ1v) is 16.2. The average Bonchev–Trinajstić information content (AvgIpc) is 3.04. The minimum Gasteiger partial charge on any atom is -0.391 e. The number of nitrogens with zero attached hydrogens (tertiary/aromatic N) is 2. The summed E-state index contributed by atoms with van der Waals surface area (Å²) in [4.78, 5) is 54.4. The molecule has 3 atom stereocenters. The molecule has 0 aromatic heterocycles. The van der Waals surface area contributed by atoms with Gasteiger partial charge < -0.3 is 26.0 Å². The summed E-state index contributed by atoms with van der Waals surface area (Å²) >= 11 is 0. The molecule has 48 heavy (non-hydrogen) atoms. The number of benzene rings is 2. The van der Waals surface area contributed by atoms with Crippen LogP contribution >= 0.6 is 0 Å². The van der Waals surface area contributed by atoms with E-state index >= 15 is 0 Å². The van der Waals surface area contributed by atoms with E-state index in [4.69, 9.17) is 0 Å². The highest BCUT2D eigenvalue weighted by Crippen LogP contribution is 2.22. The van der Waals surface area contributed by atoms with Crippen molar-refractivity contribution >= 4 is 23.5 Å². The fraction of sp³-hybridized carbons (Fsp3) is 0.472. The van der Waals surface area contributed by atoms with E-state index in [-0.39, 0.29) is 56.3 Å². The number of piperidine rings is 1. The number of rotatable bonds is 15. The van der Waals surface area contributed by atoms with Crippen molar-refractivity contribution in [3.8, 4) is 6.07 Å². The van der Waals surface area contributed by atoms with Crippen molar-refractivity contribution in [2.24, 2.45) is 11.8 Å². The Bertz CT molecular complexity index is 1530. The van der Waals surface area contributed by atoms with Crippen LogP contribution in [0.1, 0.15) is 56.7 Å². The van der Waals surface area contributed by atoms with Crippen molar-refractivity contribution in [3.63, 3.8) is 0 Å². The molecule has 10 nitrogen and oxygen atoms in total. The Labute approximate surface area is 280 Å². The zero-order valence-electron chi connectivity index (χ0n) is 27.9. The second kappa shape index (κ2) is 18.2. The highest BCUT2D eigenvalue weighted by atomic mass is 19.1. The second-order valence-corrected chi connectivity index (χ2v) is 12.6. The maximum Gasteiger partial charge on any atom is 0.264 e. The van der Waals surface area contributed by atoms with Gasteiger partial charge in [-0.25, -0.2) is 8.78 Å². The standard InChI is InChI=1S/C36H45F2N5O5/c1-22(2)16-28(19-39)36(48)43-14-12-26(13-15-43)34(46)31(21-40-20-27-10-8-23(3)17-30(27)38)41-35(47)33(24(4)44)42-32(45)11-9-25-6-5-7-29(37)18-25/h5-8,10,16-18,22,24,26,31,33,40,44H,9,11-15,20-21H2,1-4H3,(H,41,47)(H,42,45)/t24-,31+,33+/m1/s1. The molecule has 1 fully saturated rings. The van der Waals surface area contributed by atoms with Gasteiger partial charge in [-0.05, 0) is 68.4 Å². The number of aliphatic hydroxyl groups excluding tert-OH is 1. The lowest BCUT2D eigenvalue weighted by Crippen LogP contribution is -2.58. The van der Waals surface area contributed by atoms with Crippen LogP contribution in [0.5, 0.6) is 0 Å². The fourth-order valence-electron chi connectivity index (χ4n) is 5.54. The van der Waals surface area contributed by atoms with Gasteiger partial charge in [-0.15, -0.1) is 0 Å². The third kappa shape index (κ3) is 11.3. The predicted octanol–water partition coefficient (Wildman–Crippen LogP) is 3.26. The van der Waals surface area contributed by atoms with Crippen LogP contribution in [0.3, 0.4) is 0 Å². The lowest BCUT2D eigenvalue weighted by atomic mass is 9.88. The largest absolute Gasteiger partial charge is 0.391 e. The Morgan fingerprint density at radius 1 is 1.06 bits per heavy atom. The van der Waals surface area contributed by atoms with E-state index in [0.717, 1.165) is 5.56 Å². The van der Waals surface area contributed by atoms with E-state index in [0.29, 0.717) is 24.0 Å². The summed E-state index contributed by atoms with van der Waals surface area (Å²) in [5.41, 5.74) is 1.78. The van der Waals surface area contributed by atoms with Gasteiger partial charge in [0.2, 0.25) is 11.8 Å². The normalized spacial score (nSPS) is 15.7. The first-order valence-electron chi connectivity index (χ1n) is 16.2. The van der Waals surface area contributed by atoms with E-state index in [1.165, 1.54) is 36.1 Å². The fourth-order valence-corrected chi connectivity index (χ4v) is 5.54. The molecule has 1 aliphatic rings. The number of nitrogens with one attached hydrogen (secondary N) is 3. The summed E-state index contributed by atoms with van der Waals surface area (Å²) in [6.07, 6.45) is 1.05. The zero-order valence-corrected chi connectivity index (χ0v) is 27.9. The van der Waals surface area contributed by atoms with Crippen LogP contribution in [-0.2, 0) is 32.1 Å². The number of carbonyl (C=O) groups excluding carboxylic acids is 4. The van der Waals surface area contributed by atoms with Gasteiger partial charge in [0.15, 0.2) is 5.78 Å². The van der Waals surface area contributed by atoms with Gasteiger partial charge in [-0.1, -0.05) is 44.2 Å². The quantitative estimate of drug-likeness (QED) is 0.168. The summed E-state index contributed by atoms with van der Waals surface area (Å²) in [6.45, 7) is 7.34. The number of likely N-dealkylation sites (tertiary alicyclic amines) is 1. The number of Topliss-reactive ketones (excluding diaryl/α,β-unsaturated/α-hetero) is 1. The van der Waals surface area contributed by atoms with Crippen molar-refractivity contribution in [1.82, 2.24) is 20.9 Å². The van der Waals surface area contributed by atoms with Crippen LogP contribution < -0.4 is 16.0 Å². The molecular weight excluding hydrogens is 620 g/mol. The minimum atomic E-state index is -1.38. The number of ketones is 1. The van der Waals surface area contributed by atoms with Crippen molar-refractivity contribution in [3.05, 3.63) is 82.4 Å². The van der Waals surface area contributed by atoms with Crippen LogP contribution in [0.25, 0.3) is 0 Å². The van der Waals surface area contributed by atoms with Crippen LogP contribution in [0, 0.1) is 41.7 Å². The van der Waals surface area contributed by atoms with E-state index in [1.54, 1.807) is 31.2 Å². The zero-order chi connectivity index (χ0) is 35.4. The van der Waals surface area contributed by atoms with E-state index in [1.807, 2.05) is 19.9 Å². The Hall–Kier alpha value is -4.47. The average molecular weight is 666 g/mol. The summed E-state index contributed by atoms with van der Waals surface area (Å²) in [7, 11) is 0. The number of amides is 3. The summed E-state index contributed by atoms with van der Waals surface area (Å²) < 4.78 is 28.0. The molecule has 3 rings (SSSR count). The molecule has 0 saturated carbocycles. The number of hydrogen-bond donors (Lipinski definition) is 4. The first kappa shape index (κ1) is 38.0. The van der Waals surface area contributed by atoms with Crippen LogP contribution in [0.4, 0.5) is 8.78 Å². The van der Waals surface area contributed by atoms with Crippen LogP contribution in [-0.4, -0.2) is 71.3 Å². The second-order valence-electron chi connectivity index (χ2n) is 12.6. The maximum absolute atomic E-state index is 14.5. The molecule has 12 heteroatoms. The van der Waals surface area contributed by atoms with Gasteiger partial charge in [0, 0.05) is 44.1 Å². The molecule has 0 bridgehead atoms. The molecule has 2 aromatic carbocycles. The van der Waals surface area contributed by atoms with Crippen LogP contribution in [0.2, 0.25) is 0 Å². The Balaban J connectivity index is 1.70. The van der Waals surface area contributed by atoms with Gasteiger partial charge >= 0.3 is 0 Å². The smallest absolute Gasteiger partial charge is 0.264 e. The number of hydrogen-bond acceptors (Lipinski definition) is 7. The molecule has 1 saturated heterocycles. The highest BCUT2D eigenvalue weighted by molar-refractivity contribution is 5.98. The number of halogens is 2. The molecule has 258 valence electrons. The molecule has 1 aliphatic heterocycles. The number of aliphatic hydroxyl groups is 1. The number of aryl methyl sites for hydroxylation is 2. The van der Waals surface area contributed by atoms with E-state index < -0.39 is 53.5 Å². The Morgan fingerprint density at radius 3 is 2.38 bits per heavy atom. The number of nitriles is 1. The molecule has 1 heterocycles. The number of carbonyl (C=O) groups is 4. The molecule has 0 radical (unpaired) electrons. The van der Waals surface area contributed by atoms with E-state index in [2.05, 4.69) is 16.0 Å². The molecule has 3 amide bonds. The highest BCUT2D eigenvalue weighted by Gasteiger charge is 2.35. The molecular formula is C36H45F2N5O5. The molecule has 0 unspecified atom stereocenters. The van der Waals surface area contributed by atoms with Gasteiger partial charge in [0.25, 0.3) is 5.91 Å². The van der Waals surface area contributed by atoms with Gasteiger partial charge in [0.05, 0.1) is 6.10 Å². The van der Waals surface area contributed by atoms with Crippen LogP contribution in [0.15, 0.2) is 54.1 Å². The predicted molar refractivity (Wildman–Crippen MR) is 176 cm³/mol. The van der Waals surface area contributed by atoms with Crippen molar-refractivity contribution in [1.29, 1.82) is 5.26 Å². The summed E-state index contributed by atoms with van der Waals surface area (Å²) in [5, 5.41) is 28.1. The molecule has 0 aliphatic carbocycles. The number of allylic oxidation sites excluding steroid dienone is 1. The van der Waals surface area contributed by atoms with Gasteiger partial charge in [-0.3, -0.25) is 19.2 Å².